The Hall–Kier alpha value is -0.0300. The van der Waals surface area contributed by atoms with E-state index in [0.717, 1.165) is 16.7 Å². The number of aliphatic carboxylic acids is 1. The van der Waals surface area contributed by atoms with Gasteiger partial charge in [0.1, 0.15) is 11.4 Å². The zero-order valence-corrected chi connectivity index (χ0v) is 25.0. The van der Waals surface area contributed by atoms with Crippen molar-refractivity contribution in [2.24, 2.45) is 0 Å². The van der Waals surface area contributed by atoms with Crippen molar-refractivity contribution in [3.63, 3.8) is 0 Å². The summed E-state index contributed by atoms with van der Waals surface area (Å²) >= 11 is 0.949. The number of fused-ring (bicyclic) bond motifs is 1. The summed E-state index contributed by atoms with van der Waals surface area (Å²) in [4.78, 5) is 36.9. The number of hydrogen-bond donors (Lipinski definition) is 2. The van der Waals surface area contributed by atoms with E-state index in [0.29, 0.717) is 11.8 Å². The molecule has 1 saturated heterocycles. The molecular formula is C13H11F3N6Na2O7S4. The fourth-order valence-corrected chi connectivity index (χ4v) is 6.99. The largest absolute Gasteiger partial charge is 1.00 e. The van der Waals surface area contributed by atoms with E-state index in [9.17, 15) is 45.6 Å². The molecule has 0 bridgehead atoms. The Bertz CT molecular complexity index is 1090. The number of β-lactam (4-membered cyclic amide) rings is 1. The summed E-state index contributed by atoms with van der Waals surface area (Å²) in [5, 5.41) is 24.2. The molecule has 22 heteroatoms. The molecule has 0 aromatic carbocycles. The molecule has 13 nitrogen and oxygen atoms in total. The normalized spacial score (nSPS) is 20.7. The Balaban J connectivity index is 0.00000306. The summed E-state index contributed by atoms with van der Waals surface area (Å²) in [5.41, 5.74) is -5.47. The van der Waals surface area contributed by atoms with Crippen LogP contribution in [0, 0.1) is 0 Å². The van der Waals surface area contributed by atoms with Gasteiger partial charge in [-0.1, -0.05) is 11.8 Å². The summed E-state index contributed by atoms with van der Waals surface area (Å²) in [6.45, 7) is 0. The Labute approximate surface area is 252 Å². The second-order valence-corrected chi connectivity index (χ2v) is 11.1. The van der Waals surface area contributed by atoms with E-state index in [4.69, 9.17) is 0 Å². The summed E-state index contributed by atoms with van der Waals surface area (Å²) in [5.74, 6) is -6.11. The van der Waals surface area contributed by atoms with Crippen molar-refractivity contribution in [3.05, 3.63) is 11.3 Å². The van der Waals surface area contributed by atoms with Gasteiger partial charge in [0.05, 0.1) is 33.3 Å². The maximum atomic E-state index is 12.5. The van der Waals surface area contributed by atoms with E-state index < -0.39 is 79.0 Å². The molecule has 35 heavy (non-hydrogen) atoms. The summed E-state index contributed by atoms with van der Waals surface area (Å²) < 4.78 is 70.9. The third kappa shape index (κ3) is 8.76. The number of carboxylic acids is 1. The van der Waals surface area contributed by atoms with Gasteiger partial charge in [-0.05, 0) is 22.5 Å². The smallest absolute Gasteiger partial charge is 0.748 e. The second kappa shape index (κ2) is 13.2. The minimum atomic E-state index is -4.86. The van der Waals surface area contributed by atoms with Crippen molar-refractivity contribution in [1.82, 2.24) is 30.8 Å². The third-order valence-corrected chi connectivity index (χ3v) is 8.30. The van der Waals surface area contributed by atoms with Crippen LogP contribution < -0.4 is 69.5 Å². The number of carbonyl (C=O) groups excluding carboxylic acids is 3. The van der Waals surface area contributed by atoms with E-state index in [2.05, 4.69) is 25.9 Å². The third-order valence-electron chi connectivity index (χ3n) is 4.19. The van der Waals surface area contributed by atoms with Gasteiger partial charge in [-0.25, -0.2) is 8.42 Å². The SMILES string of the molecule is O=C(CSC(F)(F)F)NC1C(=O)N2C(C(=O)[O-])=C(C(CS(=O)(=O)[O-])Sc3nn[nH]n3)CS[C@@H]12.[Na+].[Na+]. The fourth-order valence-electron chi connectivity index (χ4n) is 2.96. The molecular weight excluding hydrogens is 583 g/mol. The van der Waals surface area contributed by atoms with Gasteiger partial charge in [-0.15, -0.1) is 22.0 Å². The molecule has 0 saturated carbocycles. The molecule has 1 fully saturated rings. The number of alkyl halides is 3. The molecule has 2 amide bonds. The zero-order valence-electron chi connectivity index (χ0n) is 17.8. The number of carbonyl (C=O) groups is 3. The fraction of sp³-hybridized carbons (Fsp3) is 0.538. The average Bonchev–Trinajstić information content (AvgIpc) is 3.20. The van der Waals surface area contributed by atoms with E-state index in [1.807, 2.05) is 0 Å². The van der Waals surface area contributed by atoms with Crippen molar-refractivity contribution >= 4 is 63.2 Å². The quantitative estimate of drug-likeness (QED) is 0.118. The van der Waals surface area contributed by atoms with Crippen LogP contribution in [-0.4, -0.2) is 95.7 Å². The molecule has 2 unspecified atom stereocenters. The molecule has 182 valence electrons. The number of H-pyrrole nitrogens is 1. The van der Waals surface area contributed by atoms with Crippen molar-refractivity contribution in [2.45, 2.75) is 27.3 Å². The molecule has 0 spiro atoms. The first-order valence-electron chi connectivity index (χ1n) is 8.49. The maximum Gasteiger partial charge on any atom is 1.00 e. The van der Waals surface area contributed by atoms with Crippen molar-refractivity contribution in [3.8, 4) is 0 Å². The van der Waals surface area contributed by atoms with Crippen LogP contribution in [0.1, 0.15) is 0 Å². The van der Waals surface area contributed by atoms with Gasteiger partial charge in [-0.3, -0.25) is 14.5 Å². The molecule has 2 aliphatic rings. The topological polar surface area (TPSA) is 201 Å². The Morgan fingerprint density at radius 2 is 2.00 bits per heavy atom. The number of aromatic nitrogens is 4. The van der Waals surface area contributed by atoms with Crippen molar-refractivity contribution in [1.29, 1.82) is 0 Å². The van der Waals surface area contributed by atoms with Crippen molar-refractivity contribution < 1.29 is 105 Å². The van der Waals surface area contributed by atoms with Crippen LogP contribution in [-0.2, 0) is 24.5 Å². The summed E-state index contributed by atoms with van der Waals surface area (Å²) in [7, 11) is -4.86. The Morgan fingerprint density at radius 3 is 2.51 bits per heavy atom. The number of halogens is 3. The minimum absolute atomic E-state index is 0. The summed E-state index contributed by atoms with van der Waals surface area (Å²) in [6, 6.07) is -1.29. The van der Waals surface area contributed by atoms with Crippen LogP contribution >= 0.6 is 35.3 Å². The number of thioether (sulfide) groups is 3. The number of rotatable bonds is 9. The molecule has 2 aliphatic heterocycles. The van der Waals surface area contributed by atoms with Gasteiger partial charge < -0.3 is 19.8 Å². The number of nitrogens with one attached hydrogen (secondary N) is 2. The average molecular weight is 595 g/mol. The standard InChI is InChI=1S/C13H13F3N6O7S4.2Na/c14-13(15,16)31-2-6(23)17-7-9(24)22-8(11(25)26)4(1-30-10(7)22)5(3-33(27,28)29)32-12-18-20-21-19-12;;/h5,7,10H,1-3H2,(H,17,23)(H,25,26)(H,27,28,29)(H,18,19,20,21);;/q;2*+1/p-2/t5?,7?,10-;;/m0../s1. The summed E-state index contributed by atoms with van der Waals surface area (Å²) in [6.07, 6.45) is 0. The van der Waals surface area contributed by atoms with E-state index in [1.165, 1.54) is 0 Å². The molecule has 1 aromatic heterocycles. The first-order valence-corrected chi connectivity index (χ1v) is 13.0. The number of hydrogen-bond acceptors (Lipinski definition) is 13. The maximum absolute atomic E-state index is 12.5. The molecule has 0 radical (unpaired) electrons. The molecule has 2 N–H and O–H groups in total. The Morgan fingerprint density at radius 1 is 1.34 bits per heavy atom. The molecule has 3 heterocycles. The molecule has 3 rings (SSSR count). The minimum Gasteiger partial charge on any atom is -0.748 e. The zero-order chi connectivity index (χ0) is 24.6. The van der Waals surface area contributed by atoms with Gasteiger partial charge in [0.15, 0.2) is 0 Å². The molecule has 3 atom stereocenters. The van der Waals surface area contributed by atoms with Crippen molar-refractivity contribution in [2.75, 3.05) is 17.3 Å². The Kier molecular flexibility index (Phi) is 12.4. The van der Waals surface area contributed by atoms with Crippen LogP contribution in [0.3, 0.4) is 0 Å². The number of tetrazole rings is 1. The number of amides is 2. The van der Waals surface area contributed by atoms with Gasteiger partial charge in [-0.2, -0.15) is 18.4 Å². The first kappa shape index (κ1) is 33.0. The van der Waals surface area contributed by atoms with Crippen LogP contribution in [0.5, 0.6) is 0 Å². The van der Waals surface area contributed by atoms with E-state index >= 15 is 0 Å². The van der Waals surface area contributed by atoms with Crippen LogP contribution in [0.2, 0.25) is 0 Å². The number of aromatic amines is 1. The number of carboxylic acid groups (broad SMARTS) is 1. The monoisotopic (exact) mass is 594 g/mol. The van der Waals surface area contributed by atoms with Gasteiger partial charge in [0.25, 0.3) is 5.91 Å². The predicted molar refractivity (Wildman–Crippen MR) is 104 cm³/mol. The van der Waals surface area contributed by atoms with E-state index in [-0.39, 0.29) is 75.6 Å². The molecule has 0 aliphatic carbocycles. The van der Waals surface area contributed by atoms with Crippen LogP contribution in [0.25, 0.3) is 0 Å². The van der Waals surface area contributed by atoms with Crippen LogP contribution in [0.15, 0.2) is 16.4 Å². The van der Waals surface area contributed by atoms with Crippen LogP contribution in [0.4, 0.5) is 13.2 Å². The van der Waals surface area contributed by atoms with E-state index in [1.54, 1.807) is 0 Å². The van der Waals surface area contributed by atoms with Gasteiger partial charge >= 0.3 is 64.6 Å². The first-order chi connectivity index (χ1) is 15.3. The number of nitrogens with zero attached hydrogens (tertiary/aromatic N) is 4. The molecule has 1 aromatic rings. The van der Waals surface area contributed by atoms with Gasteiger partial charge in [0, 0.05) is 11.0 Å². The second-order valence-electron chi connectivity index (χ2n) is 6.38. The van der Waals surface area contributed by atoms with Gasteiger partial charge in [0.2, 0.25) is 11.1 Å². The predicted octanol–water partition coefficient (Wildman–Crippen LogP) is -8.13.